The monoisotopic (exact) mass is 778 g/mol. The first-order valence-electron chi connectivity index (χ1n) is 19.5. The molecule has 0 saturated carbocycles. The van der Waals surface area contributed by atoms with Crippen molar-refractivity contribution >= 4 is 37.1 Å². The molecule has 302 valence electrons. The van der Waals surface area contributed by atoms with Crippen molar-refractivity contribution in [2.45, 2.75) is 109 Å². The van der Waals surface area contributed by atoms with Crippen LogP contribution in [-0.4, -0.2) is 151 Å². The Morgan fingerprint density at radius 2 is 1.63 bits per heavy atom. The summed E-state index contributed by atoms with van der Waals surface area (Å²) in [5.41, 5.74) is -0.355. The lowest BCUT2D eigenvalue weighted by molar-refractivity contribution is -0.148. The van der Waals surface area contributed by atoms with Crippen LogP contribution >= 0.6 is 7.60 Å². The van der Waals surface area contributed by atoms with Gasteiger partial charge in [0.1, 0.15) is 29.8 Å². The molecule has 16 heteroatoms. The summed E-state index contributed by atoms with van der Waals surface area (Å²) in [6.45, 7) is 12.8. The molecule has 0 aliphatic carbocycles. The third kappa shape index (κ3) is 9.82. The predicted octanol–water partition coefficient (Wildman–Crippen LogP) is 5.01. The van der Waals surface area contributed by atoms with E-state index in [-0.39, 0.29) is 49.1 Å². The average Bonchev–Trinajstić information content (AvgIpc) is 3.11. The number of piperidine rings is 2. The predicted molar refractivity (Wildman–Crippen MR) is 203 cm³/mol. The van der Waals surface area contributed by atoms with Gasteiger partial charge in [0.25, 0.3) is 5.91 Å². The average molecular weight is 779 g/mol. The van der Waals surface area contributed by atoms with Crippen LogP contribution in [0.25, 0.3) is 0 Å². The Labute approximate surface area is 319 Å². The summed E-state index contributed by atoms with van der Waals surface area (Å²) < 4.78 is 44.9. The van der Waals surface area contributed by atoms with Crippen LogP contribution in [0, 0.1) is 5.82 Å². The number of ether oxygens (including phenoxy) is 1. The van der Waals surface area contributed by atoms with E-state index in [0.29, 0.717) is 32.0 Å². The number of benzene rings is 1. The molecule has 0 spiro atoms. The third-order valence-corrected chi connectivity index (χ3v) is 12.9. The summed E-state index contributed by atoms with van der Waals surface area (Å²) in [6.07, 6.45) is 3.16. The lowest BCUT2D eigenvalue weighted by Crippen LogP contribution is -2.72. The highest BCUT2D eigenvalue weighted by Crippen LogP contribution is 2.49. The topological polar surface area (TPSA) is 132 Å². The van der Waals surface area contributed by atoms with Crippen molar-refractivity contribution in [2.75, 3.05) is 77.6 Å². The number of carbonyl (C=O) groups is 4. The Balaban J connectivity index is 1.35. The number of anilines is 1. The molecule has 54 heavy (non-hydrogen) atoms. The molecule has 4 heterocycles. The molecule has 4 aliphatic heterocycles. The van der Waals surface area contributed by atoms with Crippen molar-refractivity contribution in [1.82, 2.24) is 24.5 Å². The molecule has 3 fully saturated rings. The minimum absolute atomic E-state index is 0.0229. The Morgan fingerprint density at radius 3 is 2.24 bits per heavy atom. The van der Waals surface area contributed by atoms with Gasteiger partial charge in [0, 0.05) is 25.2 Å². The molecule has 14 nitrogen and oxygen atoms in total. The summed E-state index contributed by atoms with van der Waals surface area (Å²) in [5, 5.41) is 0. The van der Waals surface area contributed by atoms with E-state index in [1.54, 1.807) is 18.7 Å². The van der Waals surface area contributed by atoms with Crippen LogP contribution in [0.15, 0.2) is 18.2 Å². The highest BCUT2D eigenvalue weighted by atomic mass is 31.2. The van der Waals surface area contributed by atoms with Gasteiger partial charge in [-0.05, 0) is 131 Å². The van der Waals surface area contributed by atoms with Crippen LogP contribution in [0.4, 0.5) is 14.9 Å². The van der Waals surface area contributed by atoms with Crippen LogP contribution in [-0.2, 0) is 27.9 Å². The number of halogens is 1. The van der Waals surface area contributed by atoms with E-state index in [4.69, 9.17) is 13.8 Å². The maximum Gasteiger partial charge on any atom is 0.410 e. The van der Waals surface area contributed by atoms with E-state index >= 15 is 0 Å². The SMILES string of the molecule is CCOP(=O)(CC(=O)N1c2ccc(F)cc2C(=O)N2[C@@H]1CN(C1CCN(C)CC1)C(=O)[C@@H]2CCCCN(C)C1CCN(C(=O)OC(C)(C)C)CC1)OCC. The lowest BCUT2D eigenvalue weighted by atomic mass is 9.93. The molecule has 4 aliphatic rings. The summed E-state index contributed by atoms with van der Waals surface area (Å²) in [7, 11) is 0.273. The number of nitrogens with zero attached hydrogens (tertiary/aromatic N) is 6. The number of unbranched alkanes of at least 4 members (excludes halogenated alkanes) is 1. The first-order chi connectivity index (χ1) is 25.6. The first kappa shape index (κ1) is 42.1. The zero-order valence-corrected chi connectivity index (χ0v) is 34.0. The van der Waals surface area contributed by atoms with Crippen molar-refractivity contribution in [1.29, 1.82) is 0 Å². The Kier molecular flexibility index (Phi) is 13.9. The van der Waals surface area contributed by atoms with Gasteiger partial charge in [-0.1, -0.05) is 0 Å². The van der Waals surface area contributed by atoms with E-state index in [1.807, 2.05) is 32.7 Å². The molecule has 0 N–H and O–H groups in total. The Bertz CT molecular complexity index is 1550. The standard InChI is InChI=1S/C38H60FN6O8P/c1-8-51-54(50,52-9-2)26-34(46)44-31-14-13-27(39)24-30(31)35(47)45-32(36(48)43(25-33(44)45)29-15-20-40(6)21-16-29)12-10-11-19-41(7)28-17-22-42(23-18-28)37(49)53-38(3,4)5/h13-14,24,28-29,32-33H,8-12,15-23,25-26H2,1-7H3/t32-,33+/m0/s1. The van der Waals surface area contributed by atoms with Crippen molar-refractivity contribution in [2.24, 2.45) is 0 Å². The fraction of sp³-hybridized carbons (Fsp3) is 0.737. The molecular weight excluding hydrogens is 718 g/mol. The number of hydrogen-bond acceptors (Lipinski definition) is 10. The second-order valence-corrected chi connectivity index (χ2v) is 18.0. The fourth-order valence-corrected chi connectivity index (χ4v) is 9.73. The van der Waals surface area contributed by atoms with Gasteiger partial charge in [-0.15, -0.1) is 0 Å². The van der Waals surface area contributed by atoms with Gasteiger partial charge < -0.3 is 38.3 Å². The molecule has 3 saturated heterocycles. The normalized spacial score (nSPS) is 22.2. The third-order valence-electron chi connectivity index (χ3n) is 10.9. The van der Waals surface area contributed by atoms with Gasteiger partial charge in [-0.2, -0.15) is 0 Å². The molecule has 0 unspecified atom stereocenters. The fourth-order valence-electron chi connectivity index (χ4n) is 8.20. The molecule has 0 radical (unpaired) electrons. The van der Waals surface area contributed by atoms with Crippen LogP contribution in [0.1, 0.15) is 89.9 Å². The molecule has 4 amide bonds. The van der Waals surface area contributed by atoms with E-state index in [9.17, 15) is 28.1 Å². The molecular formula is C38H60FN6O8P. The largest absolute Gasteiger partial charge is 0.444 e. The summed E-state index contributed by atoms with van der Waals surface area (Å²) in [6, 6.07) is 3.05. The maximum absolute atomic E-state index is 14.7. The van der Waals surface area contributed by atoms with Gasteiger partial charge >= 0.3 is 13.7 Å². The van der Waals surface area contributed by atoms with Gasteiger partial charge in [-0.25, -0.2) is 9.18 Å². The molecule has 1 aromatic carbocycles. The molecule has 2 atom stereocenters. The van der Waals surface area contributed by atoms with Crippen LogP contribution in [0.5, 0.6) is 0 Å². The first-order valence-corrected chi connectivity index (χ1v) is 21.3. The van der Waals surface area contributed by atoms with E-state index < -0.39 is 49.2 Å². The second kappa shape index (κ2) is 17.8. The zero-order chi connectivity index (χ0) is 39.4. The number of rotatable bonds is 13. The summed E-state index contributed by atoms with van der Waals surface area (Å²) in [5.74, 6) is -1.91. The van der Waals surface area contributed by atoms with Gasteiger partial charge in [0.2, 0.25) is 11.8 Å². The minimum atomic E-state index is -3.85. The quantitative estimate of drug-likeness (QED) is 0.199. The number of piperazine rings is 1. The lowest BCUT2D eigenvalue weighted by Gasteiger charge is -2.54. The van der Waals surface area contributed by atoms with Crippen molar-refractivity contribution < 1.29 is 41.9 Å². The second-order valence-electron chi connectivity index (χ2n) is 15.9. The van der Waals surface area contributed by atoms with Crippen LogP contribution < -0.4 is 4.90 Å². The highest BCUT2D eigenvalue weighted by molar-refractivity contribution is 7.54. The van der Waals surface area contributed by atoms with Crippen LogP contribution in [0.3, 0.4) is 0 Å². The van der Waals surface area contributed by atoms with Crippen molar-refractivity contribution in [3.8, 4) is 0 Å². The van der Waals surface area contributed by atoms with Crippen molar-refractivity contribution in [3.63, 3.8) is 0 Å². The number of hydrogen-bond donors (Lipinski definition) is 0. The number of amides is 4. The van der Waals surface area contributed by atoms with Gasteiger partial charge in [0.15, 0.2) is 0 Å². The zero-order valence-electron chi connectivity index (χ0n) is 33.1. The molecule has 5 rings (SSSR count). The summed E-state index contributed by atoms with van der Waals surface area (Å²) in [4.78, 5) is 66.7. The molecule has 0 aromatic heterocycles. The van der Waals surface area contributed by atoms with E-state index in [1.165, 1.54) is 21.9 Å². The Morgan fingerprint density at radius 1 is 0.981 bits per heavy atom. The van der Waals surface area contributed by atoms with E-state index in [0.717, 1.165) is 57.8 Å². The maximum atomic E-state index is 14.7. The smallest absolute Gasteiger partial charge is 0.410 e. The number of fused-ring (bicyclic) bond motifs is 2. The highest BCUT2D eigenvalue weighted by Gasteiger charge is 2.52. The van der Waals surface area contributed by atoms with Gasteiger partial charge in [-0.3, -0.25) is 23.8 Å². The molecule has 0 bridgehead atoms. The van der Waals surface area contributed by atoms with Crippen LogP contribution in [0.2, 0.25) is 0 Å². The van der Waals surface area contributed by atoms with E-state index in [2.05, 4.69) is 16.8 Å². The molecule has 1 aromatic rings. The Hall–Kier alpha value is -3.10. The number of carbonyl (C=O) groups excluding carboxylic acids is 4. The summed E-state index contributed by atoms with van der Waals surface area (Å²) >= 11 is 0. The minimum Gasteiger partial charge on any atom is -0.444 e. The van der Waals surface area contributed by atoms with Gasteiger partial charge in [0.05, 0.1) is 31.0 Å². The van der Waals surface area contributed by atoms with Crippen molar-refractivity contribution in [3.05, 3.63) is 29.6 Å². The number of likely N-dealkylation sites (tertiary alicyclic amines) is 2.